The number of hydrogen-bond donors (Lipinski definition) is 1. The molecule has 1 heterocycles. The molecule has 1 N–H and O–H groups in total. The molecule has 2 aromatic carbocycles. The summed E-state index contributed by atoms with van der Waals surface area (Å²) in [6, 6.07) is 14.2. The van der Waals surface area contributed by atoms with Gasteiger partial charge in [0.2, 0.25) is 0 Å². The van der Waals surface area contributed by atoms with E-state index in [9.17, 15) is 18.0 Å². The maximum Gasteiger partial charge on any atom is 0.419 e. The summed E-state index contributed by atoms with van der Waals surface area (Å²) in [5.41, 5.74) is 1.19. The summed E-state index contributed by atoms with van der Waals surface area (Å²) < 4.78 is 45.6. The third kappa shape index (κ3) is 4.91. The van der Waals surface area contributed by atoms with E-state index in [-0.39, 0.29) is 0 Å². The first-order valence-electron chi connectivity index (χ1n) is 8.49. The highest BCUT2D eigenvalue weighted by Crippen LogP contribution is 2.35. The summed E-state index contributed by atoms with van der Waals surface area (Å²) in [5.74, 6) is -0.541. The lowest BCUT2D eigenvalue weighted by Crippen LogP contribution is -2.23. The summed E-state index contributed by atoms with van der Waals surface area (Å²) in [6.07, 6.45) is -3.02. The van der Waals surface area contributed by atoms with Crippen LogP contribution in [0.25, 0.3) is 0 Å². The Morgan fingerprint density at radius 2 is 1.93 bits per heavy atom. The van der Waals surface area contributed by atoms with Crippen LogP contribution < -0.4 is 10.1 Å². The number of carbonyl (C=O) groups excluding carboxylic acids is 1. The molecule has 0 fully saturated rings. The number of ether oxygens (including phenoxy) is 1. The first kappa shape index (κ1) is 19.5. The molecule has 3 rings (SSSR count). The molecule has 0 aliphatic rings. The Morgan fingerprint density at radius 1 is 1.14 bits per heavy atom. The number of benzene rings is 2. The Morgan fingerprint density at radius 3 is 2.68 bits per heavy atom. The Labute approximate surface area is 159 Å². The summed E-state index contributed by atoms with van der Waals surface area (Å²) in [7, 11) is 0. The van der Waals surface area contributed by atoms with E-state index < -0.39 is 30.0 Å². The van der Waals surface area contributed by atoms with Crippen LogP contribution in [0.1, 0.15) is 16.7 Å². The van der Waals surface area contributed by atoms with E-state index in [0.717, 1.165) is 17.2 Å². The highest BCUT2D eigenvalue weighted by molar-refractivity contribution is 5.91. The maximum atomic E-state index is 13.0. The number of alkyl halides is 3. The minimum atomic E-state index is -4.56. The number of aryl methyl sites for hydroxylation is 1. The summed E-state index contributed by atoms with van der Waals surface area (Å²) >= 11 is 0. The highest BCUT2D eigenvalue weighted by atomic mass is 19.4. The van der Waals surface area contributed by atoms with E-state index >= 15 is 0 Å². The molecule has 0 aliphatic heterocycles. The number of hydrogen-bond acceptors (Lipinski definition) is 3. The van der Waals surface area contributed by atoms with Crippen LogP contribution in [0.4, 0.5) is 19.0 Å². The average molecular weight is 389 g/mol. The van der Waals surface area contributed by atoms with Crippen molar-refractivity contribution in [1.29, 1.82) is 0 Å². The van der Waals surface area contributed by atoms with Crippen LogP contribution in [0.15, 0.2) is 60.8 Å². The molecule has 0 atom stereocenters. The number of nitrogens with zero attached hydrogens (tertiary/aromatic N) is 2. The molecule has 3 aromatic rings. The first-order valence-corrected chi connectivity index (χ1v) is 8.49. The number of amides is 1. The van der Waals surface area contributed by atoms with Gasteiger partial charge in [-0.1, -0.05) is 42.0 Å². The van der Waals surface area contributed by atoms with Crippen molar-refractivity contribution in [3.63, 3.8) is 0 Å². The lowest BCUT2D eigenvalue weighted by molar-refractivity contribution is -0.139. The zero-order valence-electron chi connectivity index (χ0n) is 15.0. The molecular formula is C20H18F3N3O2. The Balaban J connectivity index is 1.63. The zero-order chi connectivity index (χ0) is 20.1. The van der Waals surface area contributed by atoms with Crippen LogP contribution in [0.2, 0.25) is 0 Å². The SMILES string of the molecule is Cc1cccc(Cn2nccc2NC(=O)COc2ccccc2C(F)(F)F)c1. The molecule has 28 heavy (non-hydrogen) atoms. The molecule has 0 radical (unpaired) electrons. The van der Waals surface area contributed by atoms with Gasteiger partial charge in [0.1, 0.15) is 11.6 Å². The largest absolute Gasteiger partial charge is 0.483 e. The van der Waals surface area contributed by atoms with Gasteiger partial charge >= 0.3 is 6.18 Å². The minimum absolute atomic E-state index is 0.390. The molecule has 1 aromatic heterocycles. The number of carbonyl (C=O) groups is 1. The molecular weight excluding hydrogens is 371 g/mol. The van der Waals surface area contributed by atoms with Gasteiger partial charge in [0, 0.05) is 6.07 Å². The summed E-state index contributed by atoms with van der Waals surface area (Å²) in [5, 5.41) is 6.78. The van der Waals surface area contributed by atoms with Crippen molar-refractivity contribution in [2.24, 2.45) is 0 Å². The molecule has 8 heteroatoms. The monoisotopic (exact) mass is 389 g/mol. The molecule has 5 nitrogen and oxygen atoms in total. The smallest absolute Gasteiger partial charge is 0.419 e. The molecule has 0 unspecified atom stereocenters. The van der Waals surface area contributed by atoms with Crippen molar-refractivity contribution >= 4 is 11.7 Å². The second kappa shape index (κ2) is 8.16. The quantitative estimate of drug-likeness (QED) is 0.685. The van der Waals surface area contributed by atoms with Crippen LogP contribution in [0.3, 0.4) is 0 Å². The van der Waals surface area contributed by atoms with Crippen molar-refractivity contribution in [3.05, 3.63) is 77.5 Å². The Hall–Kier alpha value is -3.29. The van der Waals surface area contributed by atoms with E-state index in [1.165, 1.54) is 24.4 Å². The zero-order valence-corrected chi connectivity index (χ0v) is 15.0. The van der Waals surface area contributed by atoms with Gasteiger partial charge < -0.3 is 10.1 Å². The number of halogens is 3. The lowest BCUT2D eigenvalue weighted by Gasteiger charge is -2.14. The highest BCUT2D eigenvalue weighted by Gasteiger charge is 2.34. The molecule has 0 saturated heterocycles. The predicted molar refractivity (Wildman–Crippen MR) is 98.1 cm³/mol. The van der Waals surface area contributed by atoms with E-state index in [4.69, 9.17) is 4.74 Å². The van der Waals surface area contributed by atoms with Gasteiger partial charge in [0.25, 0.3) is 5.91 Å². The van der Waals surface area contributed by atoms with Gasteiger partial charge in [-0.15, -0.1) is 0 Å². The fourth-order valence-corrected chi connectivity index (χ4v) is 2.70. The topological polar surface area (TPSA) is 56.2 Å². The number of nitrogens with one attached hydrogen (secondary N) is 1. The first-order chi connectivity index (χ1) is 13.3. The fraction of sp³-hybridized carbons (Fsp3) is 0.200. The van der Waals surface area contributed by atoms with Gasteiger partial charge in [0.05, 0.1) is 18.3 Å². The average Bonchev–Trinajstić information content (AvgIpc) is 3.06. The molecule has 0 bridgehead atoms. The fourth-order valence-electron chi connectivity index (χ4n) is 2.70. The van der Waals surface area contributed by atoms with Gasteiger partial charge in [-0.2, -0.15) is 18.3 Å². The van der Waals surface area contributed by atoms with E-state index in [1.807, 2.05) is 31.2 Å². The van der Waals surface area contributed by atoms with Crippen molar-refractivity contribution in [1.82, 2.24) is 9.78 Å². The molecule has 0 spiro atoms. The van der Waals surface area contributed by atoms with Crippen molar-refractivity contribution < 1.29 is 22.7 Å². The van der Waals surface area contributed by atoms with Gasteiger partial charge in [-0.25, -0.2) is 4.68 Å². The van der Waals surface area contributed by atoms with E-state index in [1.54, 1.807) is 10.7 Å². The molecule has 0 saturated carbocycles. The van der Waals surface area contributed by atoms with Crippen molar-refractivity contribution in [2.45, 2.75) is 19.6 Å². The number of aromatic nitrogens is 2. The Bertz CT molecular complexity index is 967. The molecule has 146 valence electrons. The van der Waals surface area contributed by atoms with Crippen LogP contribution in [-0.4, -0.2) is 22.3 Å². The van der Waals surface area contributed by atoms with Crippen LogP contribution in [0.5, 0.6) is 5.75 Å². The third-order valence-corrected chi connectivity index (χ3v) is 3.95. The number of anilines is 1. The predicted octanol–water partition coefficient (Wildman–Crippen LogP) is 4.28. The molecule has 0 aliphatic carbocycles. The van der Waals surface area contributed by atoms with E-state index in [2.05, 4.69) is 10.4 Å². The standard InChI is InChI=1S/C20H18F3N3O2/c1-14-5-4-6-15(11-14)12-26-18(9-10-24-26)25-19(27)13-28-17-8-3-2-7-16(17)20(21,22)23/h2-11H,12-13H2,1H3,(H,25,27). The second-order valence-corrected chi connectivity index (χ2v) is 6.19. The summed E-state index contributed by atoms with van der Waals surface area (Å²) in [6.45, 7) is 1.87. The second-order valence-electron chi connectivity index (χ2n) is 6.19. The minimum Gasteiger partial charge on any atom is -0.483 e. The van der Waals surface area contributed by atoms with Crippen molar-refractivity contribution in [3.8, 4) is 5.75 Å². The maximum absolute atomic E-state index is 13.0. The molecule has 1 amide bonds. The van der Waals surface area contributed by atoms with Gasteiger partial charge in [-0.3, -0.25) is 4.79 Å². The Kier molecular flexibility index (Phi) is 5.67. The normalized spacial score (nSPS) is 11.3. The number of rotatable bonds is 6. The van der Waals surface area contributed by atoms with E-state index in [0.29, 0.717) is 12.4 Å². The van der Waals surface area contributed by atoms with Crippen LogP contribution in [0, 0.1) is 6.92 Å². The third-order valence-electron chi connectivity index (χ3n) is 3.95. The van der Waals surface area contributed by atoms with Crippen molar-refractivity contribution in [2.75, 3.05) is 11.9 Å². The summed E-state index contributed by atoms with van der Waals surface area (Å²) in [4.78, 5) is 12.1. The lowest BCUT2D eigenvalue weighted by atomic mass is 10.1. The number of para-hydroxylation sites is 1. The van der Waals surface area contributed by atoms with Crippen LogP contribution >= 0.6 is 0 Å². The van der Waals surface area contributed by atoms with Crippen LogP contribution in [-0.2, 0) is 17.5 Å². The van der Waals surface area contributed by atoms with Gasteiger partial charge in [-0.05, 0) is 24.6 Å². The van der Waals surface area contributed by atoms with Gasteiger partial charge in [0.15, 0.2) is 6.61 Å².